The van der Waals surface area contributed by atoms with Crippen LogP contribution in [0, 0.1) is 0 Å². The molecule has 1 fully saturated rings. The van der Waals surface area contributed by atoms with Crippen LogP contribution in [-0.4, -0.2) is 6.03 Å². The molecule has 1 saturated carbocycles. The summed E-state index contributed by atoms with van der Waals surface area (Å²) in [7, 11) is 0. The van der Waals surface area contributed by atoms with Gasteiger partial charge in [-0.15, -0.1) is 0 Å². The Balaban J connectivity index is 2.20. The van der Waals surface area contributed by atoms with E-state index in [4.69, 9.17) is 5.73 Å². The third-order valence-electron chi connectivity index (χ3n) is 5.33. The quantitative estimate of drug-likeness (QED) is 0.846. The number of rotatable bonds is 5. The molecule has 2 aromatic rings. The molecular weight excluding hydrogens is 296 g/mol. The summed E-state index contributed by atoms with van der Waals surface area (Å²) in [6.45, 7) is 4.26. The summed E-state index contributed by atoms with van der Waals surface area (Å²) in [4.78, 5) is 14.5. The predicted molar refractivity (Wildman–Crippen MR) is 99.2 cm³/mol. The maximum atomic E-state index is 12.6. The fourth-order valence-corrected chi connectivity index (χ4v) is 3.94. The average Bonchev–Trinajstić information content (AvgIpc) is 2.57. The Morgan fingerprint density at radius 2 is 1.58 bits per heavy atom. The van der Waals surface area contributed by atoms with Crippen LogP contribution in [0.4, 0.5) is 10.5 Å². The molecular formula is C21H26N2O. The van der Waals surface area contributed by atoms with E-state index in [-0.39, 0.29) is 11.6 Å². The number of anilines is 1. The smallest absolute Gasteiger partial charge is 0.320 e. The molecule has 2 N–H and O–H groups in total. The Morgan fingerprint density at radius 3 is 2.00 bits per heavy atom. The number of hydrogen-bond acceptors (Lipinski definition) is 1. The Kier molecular flexibility index (Phi) is 4.61. The summed E-state index contributed by atoms with van der Waals surface area (Å²) in [5, 5.41) is 0. The van der Waals surface area contributed by atoms with Gasteiger partial charge in [-0.3, -0.25) is 4.90 Å². The SMILES string of the molecule is CCc1cccc(CC)c1N(C(N)=O)C1(c2ccccc2)CCC1. The van der Waals surface area contributed by atoms with Crippen LogP contribution in [0.5, 0.6) is 0 Å². The van der Waals surface area contributed by atoms with Crippen molar-refractivity contribution in [2.45, 2.75) is 51.5 Å². The molecule has 0 spiro atoms. The molecule has 0 heterocycles. The van der Waals surface area contributed by atoms with Crippen LogP contribution in [0.2, 0.25) is 0 Å². The van der Waals surface area contributed by atoms with Gasteiger partial charge >= 0.3 is 6.03 Å². The number of benzene rings is 2. The highest BCUT2D eigenvalue weighted by Gasteiger charge is 2.47. The van der Waals surface area contributed by atoms with Gasteiger partial charge in [-0.2, -0.15) is 0 Å². The van der Waals surface area contributed by atoms with Gasteiger partial charge in [0, 0.05) is 0 Å². The standard InChI is InChI=1S/C21H26N2O/c1-3-16-10-8-11-17(4-2)19(16)23(20(22)24)21(14-9-15-21)18-12-6-5-7-13-18/h5-8,10-13H,3-4,9,14-15H2,1-2H3,(H2,22,24). The van der Waals surface area contributed by atoms with Gasteiger partial charge in [-0.1, -0.05) is 62.4 Å². The third-order valence-corrected chi connectivity index (χ3v) is 5.33. The number of para-hydroxylation sites is 1. The van der Waals surface area contributed by atoms with E-state index in [9.17, 15) is 4.79 Å². The molecule has 126 valence electrons. The molecule has 0 bridgehead atoms. The maximum Gasteiger partial charge on any atom is 0.320 e. The minimum absolute atomic E-state index is 0.303. The molecule has 0 aliphatic heterocycles. The van der Waals surface area contributed by atoms with Crippen molar-refractivity contribution in [2.24, 2.45) is 5.73 Å². The fourth-order valence-electron chi connectivity index (χ4n) is 3.94. The molecule has 3 heteroatoms. The predicted octanol–water partition coefficient (Wildman–Crippen LogP) is 4.78. The number of hydrogen-bond donors (Lipinski definition) is 1. The third kappa shape index (κ3) is 2.58. The summed E-state index contributed by atoms with van der Waals surface area (Å²) in [6, 6.07) is 16.3. The molecule has 0 radical (unpaired) electrons. The second-order valence-electron chi connectivity index (χ2n) is 6.56. The van der Waals surface area contributed by atoms with Gasteiger partial charge in [-0.25, -0.2) is 4.79 Å². The normalized spacial score (nSPS) is 15.6. The number of aryl methyl sites for hydroxylation is 2. The molecule has 1 aliphatic carbocycles. The number of carbonyl (C=O) groups is 1. The number of primary amides is 1. The lowest BCUT2D eigenvalue weighted by Gasteiger charge is -2.51. The van der Waals surface area contributed by atoms with Gasteiger partial charge < -0.3 is 5.73 Å². The van der Waals surface area contributed by atoms with Crippen molar-refractivity contribution in [1.82, 2.24) is 0 Å². The van der Waals surface area contributed by atoms with Gasteiger partial charge in [0.1, 0.15) is 0 Å². The van der Waals surface area contributed by atoms with Gasteiger partial charge in [-0.05, 0) is 48.8 Å². The lowest BCUT2D eigenvalue weighted by Crippen LogP contribution is -2.56. The van der Waals surface area contributed by atoms with Crippen molar-refractivity contribution in [1.29, 1.82) is 0 Å². The van der Waals surface area contributed by atoms with E-state index in [1.165, 1.54) is 16.7 Å². The highest BCUT2D eigenvalue weighted by molar-refractivity contribution is 5.94. The number of urea groups is 1. The zero-order chi connectivity index (χ0) is 17.2. The summed E-state index contributed by atoms with van der Waals surface area (Å²) in [6.07, 6.45) is 4.81. The minimum Gasteiger partial charge on any atom is -0.351 e. The van der Waals surface area contributed by atoms with Crippen LogP contribution in [0.15, 0.2) is 48.5 Å². The first-order chi connectivity index (χ1) is 11.6. The van der Waals surface area contributed by atoms with Crippen molar-refractivity contribution in [3.8, 4) is 0 Å². The van der Waals surface area contributed by atoms with E-state index >= 15 is 0 Å². The van der Waals surface area contributed by atoms with Crippen molar-refractivity contribution in [3.63, 3.8) is 0 Å². The lowest BCUT2D eigenvalue weighted by atomic mass is 9.70. The highest BCUT2D eigenvalue weighted by Crippen LogP contribution is 2.49. The molecule has 1 aliphatic rings. The lowest BCUT2D eigenvalue weighted by molar-refractivity contribution is 0.211. The van der Waals surface area contributed by atoms with E-state index in [1.807, 2.05) is 23.1 Å². The maximum absolute atomic E-state index is 12.6. The van der Waals surface area contributed by atoms with Gasteiger partial charge in [0.15, 0.2) is 0 Å². The minimum atomic E-state index is -0.353. The second kappa shape index (κ2) is 6.68. The molecule has 3 rings (SSSR count). The van der Waals surface area contributed by atoms with Crippen molar-refractivity contribution in [3.05, 3.63) is 65.2 Å². The Morgan fingerprint density at radius 1 is 1.00 bits per heavy atom. The molecule has 3 nitrogen and oxygen atoms in total. The zero-order valence-corrected chi connectivity index (χ0v) is 14.6. The highest BCUT2D eigenvalue weighted by atomic mass is 16.2. The van der Waals surface area contributed by atoms with Crippen LogP contribution in [0.3, 0.4) is 0 Å². The first kappa shape index (κ1) is 16.6. The summed E-state index contributed by atoms with van der Waals surface area (Å²) < 4.78 is 0. The summed E-state index contributed by atoms with van der Waals surface area (Å²) in [5.74, 6) is 0. The Hall–Kier alpha value is -2.29. The summed E-state index contributed by atoms with van der Waals surface area (Å²) >= 11 is 0. The topological polar surface area (TPSA) is 46.3 Å². The van der Waals surface area contributed by atoms with E-state index in [0.717, 1.165) is 37.8 Å². The van der Waals surface area contributed by atoms with Crippen LogP contribution >= 0.6 is 0 Å². The first-order valence-corrected chi connectivity index (χ1v) is 8.90. The second-order valence-corrected chi connectivity index (χ2v) is 6.56. The number of amides is 2. The van der Waals surface area contributed by atoms with Crippen molar-refractivity contribution >= 4 is 11.7 Å². The van der Waals surface area contributed by atoms with Crippen LogP contribution < -0.4 is 10.6 Å². The van der Waals surface area contributed by atoms with E-state index in [1.54, 1.807) is 0 Å². The van der Waals surface area contributed by atoms with E-state index in [0.29, 0.717) is 0 Å². The van der Waals surface area contributed by atoms with Gasteiger partial charge in [0.2, 0.25) is 0 Å². The molecule has 2 aromatic carbocycles. The molecule has 24 heavy (non-hydrogen) atoms. The van der Waals surface area contributed by atoms with Crippen LogP contribution in [-0.2, 0) is 18.4 Å². The zero-order valence-electron chi connectivity index (χ0n) is 14.6. The molecule has 2 amide bonds. The van der Waals surface area contributed by atoms with Crippen LogP contribution in [0.25, 0.3) is 0 Å². The molecule has 0 unspecified atom stereocenters. The first-order valence-electron chi connectivity index (χ1n) is 8.90. The Labute approximate surface area is 144 Å². The Bertz CT molecular complexity index is 698. The molecule has 0 aromatic heterocycles. The van der Waals surface area contributed by atoms with Gasteiger partial charge in [0.05, 0.1) is 11.2 Å². The number of nitrogens with zero attached hydrogens (tertiary/aromatic N) is 1. The molecule has 0 saturated heterocycles. The van der Waals surface area contributed by atoms with E-state index in [2.05, 4.69) is 44.2 Å². The van der Waals surface area contributed by atoms with Crippen LogP contribution in [0.1, 0.15) is 49.8 Å². The average molecular weight is 322 g/mol. The summed E-state index contributed by atoms with van der Waals surface area (Å²) in [5.41, 5.74) is 10.2. The number of nitrogens with two attached hydrogens (primary N) is 1. The molecule has 0 atom stereocenters. The number of carbonyl (C=O) groups excluding carboxylic acids is 1. The van der Waals surface area contributed by atoms with E-state index < -0.39 is 0 Å². The largest absolute Gasteiger partial charge is 0.351 e. The fraction of sp³-hybridized carbons (Fsp3) is 0.381. The van der Waals surface area contributed by atoms with Crippen molar-refractivity contribution in [2.75, 3.05) is 4.90 Å². The van der Waals surface area contributed by atoms with Gasteiger partial charge in [0.25, 0.3) is 0 Å². The van der Waals surface area contributed by atoms with Crippen molar-refractivity contribution < 1.29 is 4.79 Å². The monoisotopic (exact) mass is 322 g/mol.